The average Bonchev–Trinajstić information content (AvgIpc) is 2.01. The monoisotopic (exact) mass is 186 g/mol. The Hall–Kier alpha value is -0.610. The van der Waals surface area contributed by atoms with Crippen molar-refractivity contribution in [1.29, 1.82) is 0 Å². The van der Waals surface area contributed by atoms with E-state index in [1.807, 2.05) is 0 Å². The highest BCUT2D eigenvalue weighted by Gasteiger charge is 2.29. The molecule has 13 heavy (non-hydrogen) atoms. The number of hydrogen-bond donors (Lipinski definition) is 2. The normalized spacial score (nSPS) is 22.9. The molecular formula is C9H18N2O2. The van der Waals surface area contributed by atoms with Crippen molar-refractivity contribution in [2.24, 2.45) is 0 Å². The van der Waals surface area contributed by atoms with E-state index in [4.69, 9.17) is 5.11 Å². The largest absolute Gasteiger partial charge is 0.481 e. The average molecular weight is 186 g/mol. The van der Waals surface area contributed by atoms with Gasteiger partial charge in [-0.3, -0.25) is 9.69 Å². The van der Waals surface area contributed by atoms with Crippen molar-refractivity contribution in [2.75, 3.05) is 26.2 Å². The van der Waals surface area contributed by atoms with Gasteiger partial charge in [-0.05, 0) is 13.8 Å². The Kier molecular flexibility index (Phi) is 3.27. The fourth-order valence-electron chi connectivity index (χ4n) is 1.67. The summed E-state index contributed by atoms with van der Waals surface area (Å²) in [7, 11) is 0. The molecule has 0 amide bonds. The van der Waals surface area contributed by atoms with E-state index < -0.39 is 5.97 Å². The molecule has 4 nitrogen and oxygen atoms in total. The molecule has 0 atom stereocenters. The first-order valence-corrected chi connectivity index (χ1v) is 4.70. The fourth-order valence-corrected chi connectivity index (χ4v) is 1.67. The zero-order valence-electron chi connectivity index (χ0n) is 8.34. The van der Waals surface area contributed by atoms with Gasteiger partial charge in [0, 0.05) is 31.7 Å². The summed E-state index contributed by atoms with van der Waals surface area (Å²) in [6, 6.07) is 0. The van der Waals surface area contributed by atoms with Gasteiger partial charge in [0.2, 0.25) is 0 Å². The van der Waals surface area contributed by atoms with Gasteiger partial charge in [-0.25, -0.2) is 0 Å². The van der Waals surface area contributed by atoms with Crippen molar-refractivity contribution < 1.29 is 9.90 Å². The van der Waals surface area contributed by atoms with E-state index >= 15 is 0 Å². The van der Waals surface area contributed by atoms with Gasteiger partial charge >= 0.3 is 5.97 Å². The van der Waals surface area contributed by atoms with Crippen LogP contribution >= 0.6 is 0 Å². The van der Waals surface area contributed by atoms with Crippen molar-refractivity contribution in [1.82, 2.24) is 10.2 Å². The van der Waals surface area contributed by atoms with Crippen LogP contribution in [0.15, 0.2) is 0 Å². The highest BCUT2D eigenvalue weighted by molar-refractivity contribution is 5.66. The molecule has 0 spiro atoms. The second kappa shape index (κ2) is 4.07. The predicted molar refractivity (Wildman–Crippen MR) is 50.8 cm³/mol. The second-order valence-electron chi connectivity index (χ2n) is 4.12. The van der Waals surface area contributed by atoms with E-state index in [-0.39, 0.29) is 12.0 Å². The summed E-state index contributed by atoms with van der Waals surface area (Å²) in [4.78, 5) is 12.6. The molecule has 0 aromatic carbocycles. The third kappa shape index (κ3) is 2.97. The number of carbonyl (C=O) groups is 1. The maximum absolute atomic E-state index is 10.4. The number of carboxylic acids is 1. The molecule has 0 unspecified atom stereocenters. The Morgan fingerprint density at radius 3 is 2.85 bits per heavy atom. The summed E-state index contributed by atoms with van der Waals surface area (Å²) in [5.74, 6) is -0.714. The van der Waals surface area contributed by atoms with E-state index in [0.29, 0.717) is 6.54 Å². The van der Waals surface area contributed by atoms with E-state index in [2.05, 4.69) is 24.1 Å². The van der Waals surface area contributed by atoms with E-state index in [9.17, 15) is 4.79 Å². The molecule has 1 aliphatic heterocycles. The van der Waals surface area contributed by atoms with Crippen molar-refractivity contribution >= 4 is 5.97 Å². The van der Waals surface area contributed by atoms with Crippen LogP contribution in [-0.2, 0) is 4.79 Å². The van der Waals surface area contributed by atoms with Crippen molar-refractivity contribution in [3.8, 4) is 0 Å². The summed E-state index contributed by atoms with van der Waals surface area (Å²) >= 11 is 0. The smallest absolute Gasteiger partial charge is 0.304 e. The first kappa shape index (κ1) is 10.5. The lowest BCUT2D eigenvalue weighted by atomic mass is 10.00. The molecular weight excluding hydrogens is 168 g/mol. The summed E-state index contributed by atoms with van der Waals surface area (Å²) < 4.78 is 0. The lowest BCUT2D eigenvalue weighted by Crippen LogP contribution is -2.58. The number of hydrogen-bond acceptors (Lipinski definition) is 3. The summed E-state index contributed by atoms with van der Waals surface area (Å²) in [6.07, 6.45) is 0.240. The van der Waals surface area contributed by atoms with Crippen LogP contribution in [0.5, 0.6) is 0 Å². The number of piperazine rings is 1. The van der Waals surface area contributed by atoms with E-state index in [1.54, 1.807) is 0 Å². The molecule has 1 aliphatic rings. The lowest BCUT2D eigenvalue weighted by Gasteiger charge is -2.42. The number of aliphatic carboxylic acids is 1. The molecule has 1 heterocycles. The van der Waals surface area contributed by atoms with Crippen LogP contribution < -0.4 is 5.32 Å². The molecule has 0 bridgehead atoms. The molecule has 4 heteroatoms. The molecule has 76 valence electrons. The van der Waals surface area contributed by atoms with E-state index in [0.717, 1.165) is 19.6 Å². The van der Waals surface area contributed by atoms with Crippen LogP contribution in [-0.4, -0.2) is 47.7 Å². The second-order valence-corrected chi connectivity index (χ2v) is 4.12. The summed E-state index contributed by atoms with van der Waals surface area (Å²) in [5, 5.41) is 11.9. The zero-order chi connectivity index (χ0) is 9.90. The minimum absolute atomic E-state index is 0.0910. The van der Waals surface area contributed by atoms with Crippen molar-refractivity contribution in [2.45, 2.75) is 25.8 Å². The summed E-state index contributed by atoms with van der Waals surface area (Å²) in [5.41, 5.74) is 0.0910. The first-order chi connectivity index (χ1) is 6.02. The van der Waals surface area contributed by atoms with Gasteiger partial charge in [0.15, 0.2) is 0 Å². The minimum Gasteiger partial charge on any atom is -0.481 e. The highest BCUT2D eigenvalue weighted by Crippen LogP contribution is 2.15. The fraction of sp³-hybridized carbons (Fsp3) is 0.889. The van der Waals surface area contributed by atoms with Crippen LogP contribution in [0.2, 0.25) is 0 Å². The van der Waals surface area contributed by atoms with Gasteiger partial charge in [-0.1, -0.05) is 0 Å². The number of nitrogens with one attached hydrogen (secondary N) is 1. The van der Waals surface area contributed by atoms with Gasteiger partial charge in [0.25, 0.3) is 0 Å². The van der Waals surface area contributed by atoms with Crippen LogP contribution in [0, 0.1) is 0 Å². The molecule has 0 saturated carbocycles. The Bertz CT molecular complexity index is 192. The quantitative estimate of drug-likeness (QED) is 0.658. The number of nitrogens with zero attached hydrogens (tertiary/aromatic N) is 1. The Labute approximate surface area is 78.9 Å². The highest BCUT2D eigenvalue weighted by atomic mass is 16.4. The molecule has 2 N–H and O–H groups in total. The van der Waals surface area contributed by atoms with Crippen molar-refractivity contribution in [3.05, 3.63) is 0 Å². The molecule has 1 saturated heterocycles. The van der Waals surface area contributed by atoms with Gasteiger partial charge in [0.05, 0.1) is 6.42 Å². The maximum Gasteiger partial charge on any atom is 0.304 e. The molecule has 0 aromatic rings. The van der Waals surface area contributed by atoms with Crippen molar-refractivity contribution in [3.63, 3.8) is 0 Å². The number of carboxylic acid groups (broad SMARTS) is 1. The molecule has 0 aromatic heterocycles. The van der Waals surface area contributed by atoms with Gasteiger partial charge in [0.1, 0.15) is 0 Å². The third-order valence-electron chi connectivity index (χ3n) is 2.57. The Morgan fingerprint density at radius 2 is 2.31 bits per heavy atom. The predicted octanol–water partition coefficient (Wildman–Crippen LogP) is 0.145. The van der Waals surface area contributed by atoms with Crippen LogP contribution in [0.1, 0.15) is 20.3 Å². The van der Waals surface area contributed by atoms with Crippen LogP contribution in [0.3, 0.4) is 0 Å². The topological polar surface area (TPSA) is 52.6 Å². The zero-order valence-corrected chi connectivity index (χ0v) is 8.34. The van der Waals surface area contributed by atoms with Gasteiger partial charge < -0.3 is 10.4 Å². The molecule has 0 aliphatic carbocycles. The Morgan fingerprint density at radius 1 is 1.62 bits per heavy atom. The molecule has 0 radical (unpaired) electrons. The standard InChI is InChI=1S/C9H18N2O2/c1-9(2)7-10-4-6-11(9)5-3-8(12)13/h10H,3-7H2,1-2H3,(H,12,13). The molecule has 1 fully saturated rings. The third-order valence-corrected chi connectivity index (χ3v) is 2.57. The lowest BCUT2D eigenvalue weighted by molar-refractivity contribution is -0.137. The van der Waals surface area contributed by atoms with Gasteiger partial charge in [-0.15, -0.1) is 0 Å². The summed E-state index contributed by atoms with van der Waals surface area (Å²) in [6.45, 7) is 7.78. The van der Waals surface area contributed by atoms with Gasteiger partial charge in [-0.2, -0.15) is 0 Å². The number of rotatable bonds is 3. The first-order valence-electron chi connectivity index (χ1n) is 4.70. The van der Waals surface area contributed by atoms with E-state index in [1.165, 1.54) is 0 Å². The SMILES string of the molecule is CC1(C)CNCCN1CCC(=O)O. The van der Waals surface area contributed by atoms with Crippen LogP contribution in [0.25, 0.3) is 0 Å². The maximum atomic E-state index is 10.4. The molecule has 1 rings (SSSR count). The minimum atomic E-state index is -0.714. The van der Waals surface area contributed by atoms with Crippen LogP contribution in [0.4, 0.5) is 0 Å². The Balaban J connectivity index is 2.41.